The van der Waals surface area contributed by atoms with Crippen molar-refractivity contribution in [2.24, 2.45) is 0 Å². The Kier molecular flexibility index (Phi) is 11.7. The predicted molar refractivity (Wildman–Crippen MR) is 123 cm³/mol. The molecule has 0 spiro atoms. The Hall–Kier alpha value is -3.14. The molecule has 0 saturated carbocycles. The molecule has 2 rings (SSSR count). The number of hydrogen-bond acceptors (Lipinski definition) is 8. The summed E-state index contributed by atoms with van der Waals surface area (Å²) in [6.07, 6.45) is -0.576. The number of rotatable bonds is 15. The fourth-order valence-electron chi connectivity index (χ4n) is 2.70. The Morgan fingerprint density at radius 2 is 1.48 bits per heavy atom. The quantitative estimate of drug-likeness (QED) is 0.245. The fraction of sp³-hybridized carbons (Fsp3) is 0.417. The highest BCUT2D eigenvalue weighted by Crippen LogP contribution is 2.32. The third kappa shape index (κ3) is 9.48. The lowest BCUT2D eigenvalue weighted by molar-refractivity contribution is -0.140. The number of methoxy groups -OCH3 is 1. The molecule has 1 N–H and O–H groups in total. The number of benzene rings is 2. The third-order valence-electron chi connectivity index (χ3n) is 4.29. The van der Waals surface area contributed by atoms with Gasteiger partial charge in [0.25, 0.3) is 0 Å². The SMILES string of the molecule is C=C(C)C(=O)OCCOCCOCCNC(=O)Oc1cccc2c(OCCOC)cccc12. The number of nitrogens with one attached hydrogen (secondary N) is 1. The van der Waals surface area contributed by atoms with Gasteiger partial charge in [0.2, 0.25) is 0 Å². The van der Waals surface area contributed by atoms with E-state index in [1.807, 2.05) is 24.3 Å². The molecule has 2 aromatic carbocycles. The van der Waals surface area contributed by atoms with Crippen molar-refractivity contribution in [3.8, 4) is 11.5 Å². The van der Waals surface area contributed by atoms with Gasteiger partial charge in [0.1, 0.15) is 24.7 Å². The molecule has 0 aromatic heterocycles. The zero-order chi connectivity index (χ0) is 23.9. The van der Waals surface area contributed by atoms with E-state index >= 15 is 0 Å². The van der Waals surface area contributed by atoms with Gasteiger partial charge in [-0.2, -0.15) is 0 Å². The molecular weight excluding hydrogens is 430 g/mol. The van der Waals surface area contributed by atoms with Gasteiger partial charge >= 0.3 is 12.1 Å². The van der Waals surface area contributed by atoms with Gasteiger partial charge in [0, 0.05) is 30.0 Å². The normalized spacial score (nSPS) is 10.6. The molecule has 0 fully saturated rings. The van der Waals surface area contributed by atoms with Crippen molar-refractivity contribution in [2.45, 2.75) is 6.92 Å². The van der Waals surface area contributed by atoms with Crippen LogP contribution < -0.4 is 14.8 Å². The van der Waals surface area contributed by atoms with Gasteiger partial charge in [-0.1, -0.05) is 30.8 Å². The molecule has 0 bridgehead atoms. The Labute approximate surface area is 193 Å². The molecule has 33 heavy (non-hydrogen) atoms. The van der Waals surface area contributed by atoms with Crippen LogP contribution in [0.5, 0.6) is 11.5 Å². The summed E-state index contributed by atoms with van der Waals surface area (Å²) in [7, 11) is 1.61. The average Bonchev–Trinajstić information content (AvgIpc) is 2.80. The van der Waals surface area contributed by atoms with Crippen molar-refractivity contribution < 1.29 is 38.0 Å². The number of ether oxygens (including phenoxy) is 6. The average molecular weight is 462 g/mol. The van der Waals surface area contributed by atoms with Gasteiger partial charge < -0.3 is 33.7 Å². The third-order valence-corrected chi connectivity index (χ3v) is 4.29. The molecule has 0 unspecified atom stereocenters. The zero-order valence-electron chi connectivity index (χ0n) is 19.1. The maximum absolute atomic E-state index is 12.2. The summed E-state index contributed by atoms with van der Waals surface area (Å²) in [6.45, 7) is 7.70. The van der Waals surface area contributed by atoms with Gasteiger partial charge in [-0.25, -0.2) is 9.59 Å². The van der Waals surface area contributed by atoms with Crippen molar-refractivity contribution in [1.29, 1.82) is 0 Å². The minimum Gasteiger partial charge on any atom is -0.491 e. The fourth-order valence-corrected chi connectivity index (χ4v) is 2.70. The summed E-state index contributed by atoms with van der Waals surface area (Å²) in [4.78, 5) is 23.3. The smallest absolute Gasteiger partial charge is 0.412 e. The highest BCUT2D eigenvalue weighted by molar-refractivity contribution is 5.94. The molecule has 0 aliphatic rings. The second-order valence-corrected chi connectivity index (χ2v) is 6.91. The van der Waals surface area contributed by atoms with Crippen LogP contribution in [-0.4, -0.2) is 72.0 Å². The summed E-state index contributed by atoms with van der Waals surface area (Å²) in [5.74, 6) is 0.691. The van der Waals surface area contributed by atoms with Crippen LogP contribution in [0.15, 0.2) is 48.6 Å². The van der Waals surface area contributed by atoms with Crippen molar-refractivity contribution in [1.82, 2.24) is 5.32 Å². The molecule has 0 aliphatic heterocycles. The summed E-state index contributed by atoms with van der Waals surface area (Å²) in [6, 6.07) is 11.0. The lowest BCUT2D eigenvalue weighted by Gasteiger charge is -2.12. The van der Waals surface area contributed by atoms with Crippen LogP contribution in [0, 0.1) is 0 Å². The van der Waals surface area contributed by atoms with E-state index in [-0.39, 0.29) is 19.8 Å². The molecule has 0 aliphatic carbocycles. The van der Waals surface area contributed by atoms with Crippen LogP contribution in [0.1, 0.15) is 6.92 Å². The maximum atomic E-state index is 12.2. The van der Waals surface area contributed by atoms with Gasteiger partial charge in [-0.3, -0.25) is 0 Å². The highest BCUT2D eigenvalue weighted by Gasteiger charge is 2.10. The molecule has 0 saturated heterocycles. The first-order valence-corrected chi connectivity index (χ1v) is 10.6. The van der Waals surface area contributed by atoms with E-state index in [2.05, 4.69) is 11.9 Å². The van der Waals surface area contributed by atoms with Crippen LogP contribution in [0.2, 0.25) is 0 Å². The van der Waals surface area contributed by atoms with E-state index in [1.165, 1.54) is 0 Å². The van der Waals surface area contributed by atoms with E-state index < -0.39 is 12.1 Å². The minimum atomic E-state index is -0.576. The standard InChI is InChI=1S/C24H31NO8/c1-18(2)23(26)32-17-15-30-14-13-29-11-10-25-24(27)33-22-9-5-6-19-20(22)7-4-8-21(19)31-16-12-28-3/h4-9H,1,10-17H2,2-3H3,(H,25,27). The number of esters is 1. The number of hydrogen-bond donors (Lipinski definition) is 1. The van der Waals surface area contributed by atoms with E-state index in [9.17, 15) is 9.59 Å². The van der Waals surface area contributed by atoms with Crippen molar-refractivity contribution >= 4 is 22.8 Å². The molecule has 0 radical (unpaired) electrons. The van der Waals surface area contributed by atoms with Gasteiger partial charge in [-0.05, 0) is 19.1 Å². The minimum absolute atomic E-state index is 0.161. The van der Waals surface area contributed by atoms with Crippen LogP contribution in [0.25, 0.3) is 10.8 Å². The number of fused-ring (bicyclic) bond motifs is 1. The van der Waals surface area contributed by atoms with Crippen molar-refractivity contribution in [3.05, 3.63) is 48.6 Å². The molecule has 9 nitrogen and oxygen atoms in total. The Morgan fingerprint density at radius 3 is 2.18 bits per heavy atom. The lowest BCUT2D eigenvalue weighted by atomic mass is 10.1. The lowest BCUT2D eigenvalue weighted by Crippen LogP contribution is -2.30. The molecule has 1 amide bonds. The van der Waals surface area contributed by atoms with Crippen LogP contribution in [-0.2, 0) is 23.7 Å². The summed E-state index contributed by atoms with van der Waals surface area (Å²) >= 11 is 0. The maximum Gasteiger partial charge on any atom is 0.412 e. The zero-order valence-corrected chi connectivity index (χ0v) is 19.1. The number of amides is 1. The first-order chi connectivity index (χ1) is 16.0. The second-order valence-electron chi connectivity index (χ2n) is 6.91. The van der Waals surface area contributed by atoms with E-state index in [4.69, 9.17) is 28.4 Å². The summed E-state index contributed by atoms with van der Waals surface area (Å²) in [5, 5.41) is 4.26. The molecule has 2 aromatic rings. The van der Waals surface area contributed by atoms with Crippen LogP contribution in [0.3, 0.4) is 0 Å². The van der Waals surface area contributed by atoms with E-state index in [0.717, 1.165) is 10.8 Å². The molecule has 9 heteroatoms. The first-order valence-electron chi connectivity index (χ1n) is 10.6. The summed E-state index contributed by atoms with van der Waals surface area (Å²) < 4.78 is 31.8. The van der Waals surface area contributed by atoms with Gasteiger partial charge in [0.05, 0.1) is 33.0 Å². The van der Waals surface area contributed by atoms with E-state index in [1.54, 1.807) is 26.2 Å². The topological polar surface area (TPSA) is 102 Å². The molecular formula is C24H31NO8. The predicted octanol–water partition coefficient (Wildman–Crippen LogP) is 3.11. The van der Waals surface area contributed by atoms with E-state index in [0.29, 0.717) is 50.1 Å². The van der Waals surface area contributed by atoms with Crippen LogP contribution in [0.4, 0.5) is 4.79 Å². The monoisotopic (exact) mass is 461 g/mol. The number of carbonyl (C=O) groups is 2. The Bertz CT molecular complexity index is 914. The first kappa shape index (κ1) is 26.1. The molecule has 0 atom stereocenters. The summed E-state index contributed by atoms with van der Waals surface area (Å²) in [5.41, 5.74) is 0.349. The number of carbonyl (C=O) groups excluding carboxylic acids is 2. The van der Waals surface area contributed by atoms with Gasteiger partial charge in [0.15, 0.2) is 0 Å². The molecule has 180 valence electrons. The largest absolute Gasteiger partial charge is 0.491 e. The molecule has 0 heterocycles. The van der Waals surface area contributed by atoms with Gasteiger partial charge in [-0.15, -0.1) is 0 Å². The Balaban J connectivity index is 1.65. The Morgan fingerprint density at radius 1 is 0.848 bits per heavy atom. The second kappa shape index (κ2) is 14.8. The van der Waals surface area contributed by atoms with Crippen molar-refractivity contribution in [3.63, 3.8) is 0 Å². The highest BCUT2D eigenvalue weighted by atomic mass is 16.6. The van der Waals surface area contributed by atoms with Crippen LogP contribution >= 0.6 is 0 Å². The van der Waals surface area contributed by atoms with Crippen molar-refractivity contribution in [2.75, 3.05) is 59.9 Å².